The third kappa shape index (κ3) is 3.47. The minimum atomic E-state index is -0.634. The summed E-state index contributed by atoms with van der Waals surface area (Å²) in [7, 11) is 0. The molecular weight excluding hydrogens is 240 g/mol. The maximum atomic E-state index is 9.57. The summed E-state index contributed by atoms with van der Waals surface area (Å²) in [6, 6.07) is 8.69. The molecule has 0 spiro atoms. The van der Waals surface area contributed by atoms with E-state index in [0.29, 0.717) is 19.1 Å². The van der Waals surface area contributed by atoms with E-state index in [-0.39, 0.29) is 0 Å². The van der Waals surface area contributed by atoms with Gasteiger partial charge >= 0.3 is 0 Å². The van der Waals surface area contributed by atoms with Crippen LogP contribution in [0.15, 0.2) is 24.3 Å². The van der Waals surface area contributed by atoms with Crippen LogP contribution in [0.4, 0.5) is 5.69 Å². The average molecular weight is 264 g/mol. The lowest BCUT2D eigenvalue weighted by Gasteiger charge is -2.19. The van der Waals surface area contributed by atoms with Crippen molar-refractivity contribution in [1.29, 1.82) is 0 Å². The van der Waals surface area contributed by atoms with Gasteiger partial charge in [0.05, 0.1) is 12.2 Å². The Morgan fingerprint density at radius 2 is 1.79 bits per heavy atom. The molecule has 4 heteroatoms. The van der Waals surface area contributed by atoms with E-state index >= 15 is 0 Å². The number of benzene rings is 1. The molecule has 0 saturated carbocycles. The van der Waals surface area contributed by atoms with Gasteiger partial charge in [-0.05, 0) is 37.6 Å². The molecule has 3 atom stereocenters. The van der Waals surface area contributed by atoms with Crippen molar-refractivity contribution in [2.45, 2.75) is 38.5 Å². The van der Waals surface area contributed by atoms with E-state index in [4.69, 9.17) is 0 Å². The van der Waals surface area contributed by atoms with Crippen molar-refractivity contribution in [2.24, 2.45) is 0 Å². The van der Waals surface area contributed by atoms with E-state index in [9.17, 15) is 10.2 Å². The number of anilines is 1. The van der Waals surface area contributed by atoms with Gasteiger partial charge in [-0.3, -0.25) is 0 Å². The molecule has 3 N–H and O–H groups in total. The van der Waals surface area contributed by atoms with Crippen molar-refractivity contribution < 1.29 is 10.2 Å². The highest BCUT2D eigenvalue weighted by atomic mass is 16.3. The van der Waals surface area contributed by atoms with Crippen LogP contribution in [0.1, 0.15) is 31.9 Å². The van der Waals surface area contributed by atoms with Crippen molar-refractivity contribution >= 4 is 5.69 Å². The molecule has 1 heterocycles. The number of nitrogens with zero attached hydrogens (tertiary/aromatic N) is 1. The molecule has 0 aromatic heterocycles. The second-order valence-electron chi connectivity index (χ2n) is 5.31. The van der Waals surface area contributed by atoms with Gasteiger partial charge < -0.3 is 20.4 Å². The highest BCUT2D eigenvalue weighted by Gasteiger charge is 2.29. The SMILES string of the molecule is CCCNC(C)c1ccc(N2CC(O)C(O)C2)cc1. The van der Waals surface area contributed by atoms with Crippen LogP contribution in [-0.4, -0.2) is 42.1 Å². The van der Waals surface area contributed by atoms with E-state index in [1.807, 2.05) is 4.90 Å². The smallest absolute Gasteiger partial charge is 0.0990 e. The van der Waals surface area contributed by atoms with Gasteiger partial charge in [-0.2, -0.15) is 0 Å². The Morgan fingerprint density at radius 1 is 1.21 bits per heavy atom. The number of hydrogen-bond acceptors (Lipinski definition) is 4. The molecule has 0 radical (unpaired) electrons. The largest absolute Gasteiger partial charge is 0.389 e. The number of aliphatic hydroxyl groups excluding tert-OH is 2. The minimum Gasteiger partial charge on any atom is -0.389 e. The molecule has 4 nitrogen and oxygen atoms in total. The van der Waals surface area contributed by atoms with Gasteiger partial charge in [0.2, 0.25) is 0 Å². The van der Waals surface area contributed by atoms with Gasteiger partial charge in [0, 0.05) is 24.8 Å². The monoisotopic (exact) mass is 264 g/mol. The van der Waals surface area contributed by atoms with Crippen LogP contribution in [0.25, 0.3) is 0 Å². The molecule has 106 valence electrons. The normalized spacial score (nSPS) is 24.7. The molecule has 19 heavy (non-hydrogen) atoms. The predicted octanol–water partition coefficient (Wildman–Crippen LogP) is 1.29. The summed E-state index contributed by atoms with van der Waals surface area (Å²) in [6.07, 6.45) is -0.138. The fraction of sp³-hybridized carbons (Fsp3) is 0.600. The highest BCUT2D eigenvalue weighted by molar-refractivity contribution is 5.49. The first kappa shape index (κ1) is 14.3. The zero-order valence-electron chi connectivity index (χ0n) is 11.7. The molecule has 1 aliphatic heterocycles. The van der Waals surface area contributed by atoms with Crippen molar-refractivity contribution in [3.8, 4) is 0 Å². The quantitative estimate of drug-likeness (QED) is 0.750. The van der Waals surface area contributed by atoms with Crippen molar-refractivity contribution in [2.75, 3.05) is 24.5 Å². The zero-order chi connectivity index (χ0) is 13.8. The molecule has 2 rings (SSSR count). The number of rotatable bonds is 5. The van der Waals surface area contributed by atoms with Gasteiger partial charge in [-0.15, -0.1) is 0 Å². The van der Waals surface area contributed by atoms with Crippen LogP contribution in [0.2, 0.25) is 0 Å². The summed E-state index contributed by atoms with van der Waals surface area (Å²) < 4.78 is 0. The average Bonchev–Trinajstić information content (AvgIpc) is 2.76. The Morgan fingerprint density at radius 3 is 2.32 bits per heavy atom. The topological polar surface area (TPSA) is 55.7 Å². The van der Waals surface area contributed by atoms with Crippen LogP contribution in [0, 0.1) is 0 Å². The molecule has 1 saturated heterocycles. The minimum absolute atomic E-state index is 0.351. The number of hydrogen-bond donors (Lipinski definition) is 3. The van der Waals surface area contributed by atoms with Crippen LogP contribution in [-0.2, 0) is 0 Å². The Hall–Kier alpha value is -1.10. The molecule has 1 aromatic rings. The lowest BCUT2D eigenvalue weighted by atomic mass is 10.1. The number of aliphatic hydroxyl groups is 2. The molecule has 0 bridgehead atoms. The third-order valence-electron chi connectivity index (χ3n) is 3.72. The first-order chi connectivity index (χ1) is 9.11. The summed E-state index contributed by atoms with van der Waals surface area (Å²) in [5.74, 6) is 0. The van der Waals surface area contributed by atoms with E-state index in [1.54, 1.807) is 0 Å². The molecule has 1 fully saturated rings. The lowest BCUT2D eigenvalue weighted by molar-refractivity contribution is 0.0572. The molecule has 0 amide bonds. The Balaban J connectivity index is 1.98. The molecular formula is C15H24N2O2. The number of β-amino-alcohol motifs (C(OH)–C–C–N with tert-alkyl or cyclic N) is 2. The predicted molar refractivity (Wildman–Crippen MR) is 77.4 cm³/mol. The van der Waals surface area contributed by atoms with Gasteiger partial charge in [0.1, 0.15) is 0 Å². The summed E-state index contributed by atoms with van der Waals surface area (Å²) in [5.41, 5.74) is 2.32. The van der Waals surface area contributed by atoms with Crippen LogP contribution in [0.5, 0.6) is 0 Å². The van der Waals surface area contributed by atoms with Crippen molar-refractivity contribution in [3.05, 3.63) is 29.8 Å². The lowest BCUT2D eigenvalue weighted by Crippen LogP contribution is -2.22. The van der Waals surface area contributed by atoms with Gasteiger partial charge in [-0.25, -0.2) is 0 Å². The van der Waals surface area contributed by atoms with Crippen LogP contribution < -0.4 is 10.2 Å². The fourth-order valence-corrected chi connectivity index (χ4v) is 2.43. The second-order valence-corrected chi connectivity index (χ2v) is 5.31. The zero-order valence-corrected chi connectivity index (χ0v) is 11.7. The van der Waals surface area contributed by atoms with E-state index in [0.717, 1.165) is 18.7 Å². The standard InChI is InChI=1S/C15H24N2O2/c1-3-8-16-11(2)12-4-6-13(7-5-12)17-9-14(18)15(19)10-17/h4-7,11,14-16,18-19H,3,8-10H2,1-2H3. The van der Waals surface area contributed by atoms with E-state index in [1.165, 1.54) is 5.56 Å². The Kier molecular flexibility index (Phi) is 4.80. The first-order valence-corrected chi connectivity index (χ1v) is 7.06. The molecule has 1 aliphatic rings. The Bertz CT molecular complexity index is 384. The second kappa shape index (κ2) is 6.37. The van der Waals surface area contributed by atoms with Gasteiger partial charge in [0.15, 0.2) is 0 Å². The Labute approximate surface area is 115 Å². The van der Waals surface area contributed by atoms with Gasteiger partial charge in [-0.1, -0.05) is 19.1 Å². The van der Waals surface area contributed by atoms with Crippen LogP contribution in [0.3, 0.4) is 0 Å². The van der Waals surface area contributed by atoms with Crippen molar-refractivity contribution in [3.63, 3.8) is 0 Å². The first-order valence-electron chi connectivity index (χ1n) is 7.06. The van der Waals surface area contributed by atoms with E-state index in [2.05, 4.69) is 43.4 Å². The highest BCUT2D eigenvalue weighted by Crippen LogP contribution is 2.23. The van der Waals surface area contributed by atoms with E-state index < -0.39 is 12.2 Å². The summed E-state index contributed by atoms with van der Waals surface area (Å²) in [6.45, 7) is 6.35. The molecule has 3 unspecified atom stereocenters. The maximum absolute atomic E-state index is 9.57. The van der Waals surface area contributed by atoms with Crippen LogP contribution >= 0.6 is 0 Å². The maximum Gasteiger partial charge on any atom is 0.0990 e. The third-order valence-corrected chi connectivity index (χ3v) is 3.72. The summed E-state index contributed by atoms with van der Waals surface area (Å²) >= 11 is 0. The fourth-order valence-electron chi connectivity index (χ4n) is 2.43. The molecule has 1 aromatic carbocycles. The number of nitrogens with one attached hydrogen (secondary N) is 1. The van der Waals surface area contributed by atoms with Crippen molar-refractivity contribution in [1.82, 2.24) is 5.32 Å². The van der Waals surface area contributed by atoms with Gasteiger partial charge in [0.25, 0.3) is 0 Å². The summed E-state index contributed by atoms with van der Waals surface area (Å²) in [5, 5.41) is 22.6. The summed E-state index contributed by atoms with van der Waals surface area (Å²) in [4.78, 5) is 2.02. The molecule has 0 aliphatic carbocycles.